The Labute approximate surface area is 209 Å². The third kappa shape index (κ3) is 4.85. The van der Waals surface area contributed by atoms with E-state index in [0.29, 0.717) is 40.6 Å². The number of nitrogens with zero attached hydrogens (tertiary/aromatic N) is 6. The first-order chi connectivity index (χ1) is 17.4. The molecule has 10 nitrogen and oxygen atoms in total. The number of hydrogen-bond donors (Lipinski definition) is 2. The van der Waals surface area contributed by atoms with Crippen LogP contribution in [-0.2, 0) is 7.05 Å². The summed E-state index contributed by atoms with van der Waals surface area (Å²) in [4.78, 5) is 32.7. The highest BCUT2D eigenvalue weighted by molar-refractivity contribution is 6.09. The number of aromatic nitrogens is 5. The molecule has 1 fully saturated rings. The third-order valence-corrected chi connectivity index (χ3v) is 6.77. The van der Waals surface area contributed by atoms with Crippen molar-refractivity contribution >= 4 is 23.0 Å². The zero-order valence-electron chi connectivity index (χ0n) is 20.7. The van der Waals surface area contributed by atoms with E-state index in [2.05, 4.69) is 37.6 Å². The van der Waals surface area contributed by atoms with Crippen molar-refractivity contribution in [3.8, 4) is 11.3 Å². The Morgan fingerprint density at radius 1 is 1.11 bits per heavy atom. The summed E-state index contributed by atoms with van der Waals surface area (Å²) in [6.45, 7) is 6.64. The number of carbonyl (C=O) groups excluding carboxylic acids is 2. The van der Waals surface area contributed by atoms with Crippen LogP contribution in [0.1, 0.15) is 46.0 Å². The number of nitrogens with one attached hydrogen (secondary N) is 2. The van der Waals surface area contributed by atoms with Gasteiger partial charge in [0.2, 0.25) is 0 Å². The fraction of sp³-hybridized carbons (Fsp3) is 0.346. The molecule has 0 radical (unpaired) electrons. The fourth-order valence-electron chi connectivity index (χ4n) is 4.59. The molecule has 1 saturated heterocycles. The number of likely N-dealkylation sites (tertiary alicyclic amines) is 1. The minimum absolute atomic E-state index is 0.152. The zero-order valence-corrected chi connectivity index (χ0v) is 20.7. The lowest BCUT2D eigenvalue weighted by atomic mass is 10.1. The van der Waals surface area contributed by atoms with Gasteiger partial charge in [-0.1, -0.05) is 6.07 Å². The summed E-state index contributed by atoms with van der Waals surface area (Å²) >= 11 is 0. The minimum Gasteiger partial charge on any atom is -0.351 e. The molecule has 1 atom stereocenters. The number of fused-ring (bicyclic) bond motifs is 1. The molecule has 36 heavy (non-hydrogen) atoms. The highest BCUT2D eigenvalue weighted by atomic mass is 16.2. The topological polar surface area (TPSA) is 109 Å². The van der Waals surface area contributed by atoms with E-state index < -0.39 is 0 Å². The first-order valence-corrected chi connectivity index (χ1v) is 12.2. The Bertz CT molecular complexity index is 1420. The Balaban J connectivity index is 1.27. The van der Waals surface area contributed by atoms with E-state index in [0.717, 1.165) is 24.2 Å². The van der Waals surface area contributed by atoms with Gasteiger partial charge in [-0.05, 0) is 50.9 Å². The van der Waals surface area contributed by atoms with E-state index in [4.69, 9.17) is 0 Å². The highest BCUT2D eigenvalue weighted by Gasteiger charge is 2.20. The van der Waals surface area contributed by atoms with E-state index in [9.17, 15) is 9.59 Å². The van der Waals surface area contributed by atoms with Gasteiger partial charge in [0.05, 0.1) is 41.6 Å². The average Bonchev–Trinajstić information content (AvgIpc) is 3.60. The van der Waals surface area contributed by atoms with Gasteiger partial charge < -0.3 is 10.6 Å². The molecular weight excluding hydrogens is 456 g/mol. The second-order valence-corrected chi connectivity index (χ2v) is 9.33. The molecule has 0 spiro atoms. The van der Waals surface area contributed by atoms with Gasteiger partial charge in [-0.2, -0.15) is 10.2 Å². The van der Waals surface area contributed by atoms with E-state index in [1.165, 1.54) is 19.0 Å². The van der Waals surface area contributed by atoms with Crippen molar-refractivity contribution in [2.24, 2.45) is 7.05 Å². The van der Waals surface area contributed by atoms with Crippen molar-refractivity contribution in [3.63, 3.8) is 0 Å². The molecular formula is C26H30N8O2. The molecule has 1 aliphatic rings. The predicted octanol–water partition coefficient (Wildman–Crippen LogP) is 2.90. The number of aryl methyl sites for hydroxylation is 2. The summed E-state index contributed by atoms with van der Waals surface area (Å²) in [6, 6.07) is 5.90. The SMILES string of the molecule is Cc1ccc(C(=O)NCCN2CCC[C@@H]2C)cc1NC(=O)c1cnn2cc(-c3cnn(C)c3)ncc12. The molecule has 2 N–H and O–H groups in total. The molecule has 4 heterocycles. The molecule has 0 aliphatic carbocycles. The van der Waals surface area contributed by atoms with E-state index in [-0.39, 0.29) is 11.8 Å². The van der Waals surface area contributed by atoms with Gasteiger partial charge in [0.15, 0.2) is 0 Å². The Morgan fingerprint density at radius 2 is 1.97 bits per heavy atom. The van der Waals surface area contributed by atoms with Crippen LogP contribution in [0.4, 0.5) is 5.69 Å². The molecule has 3 aromatic heterocycles. The molecule has 10 heteroatoms. The minimum atomic E-state index is -0.315. The summed E-state index contributed by atoms with van der Waals surface area (Å²) in [5.74, 6) is -0.468. The van der Waals surface area contributed by atoms with Crippen LogP contribution in [0.3, 0.4) is 0 Å². The lowest BCUT2D eigenvalue weighted by Gasteiger charge is -2.20. The van der Waals surface area contributed by atoms with Crippen molar-refractivity contribution in [2.75, 3.05) is 25.0 Å². The molecule has 1 aromatic carbocycles. The average molecular weight is 487 g/mol. The molecule has 5 rings (SSSR count). The maximum absolute atomic E-state index is 13.1. The molecule has 186 valence electrons. The lowest BCUT2D eigenvalue weighted by Crippen LogP contribution is -2.36. The molecule has 0 unspecified atom stereocenters. The predicted molar refractivity (Wildman–Crippen MR) is 137 cm³/mol. The Morgan fingerprint density at radius 3 is 2.72 bits per heavy atom. The zero-order chi connectivity index (χ0) is 25.2. The van der Waals surface area contributed by atoms with E-state index in [1.54, 1.807) is 39.9 Å². The van der Waals surface area contributed by atoms with Gasteiger partial charge in [0.1, 0.15) is 0 Å². The summed E-state index contributed by atoms with van der Waals surface area (Å²) in [6.07, 6.45) is 10.9. The second kappa shape index (κ2) is 9.90. The van der Waals surface area contributed by atoms with Crippen LogP contribution in [0, 0.1) is 6.92 Å². The molecule has 2 amide bonds. The number of rotatable bonds is 7. The fourth-order valence-corrected chi connectivity index (χ4v) is 4.59. The van der Waals surface area contributed by atoms with Gasteiger partial charge in [-0.3, -0.25) is 24.2 Å². The normalized spacial score (nSPS) is 15.9. The molecule has 1 aliphatic heterocycles. The van der Waals surface area contributed by atoms with E-state index in [1.807, 2.05) is 26.2 Å². The monoisotopic (exact) mass is 486 g/mol. The summed E-state index contributed by atoms with van der Waals surface area (Å²) in [7, 11) is 1.84. The summed E-state index contributed by atoms with van der Waals surface area (Å²) in [5.41, 5.74) is 4.50. The number of anilines is 1. The van der Waals surface area contributed by atoms with Crippen molar-refractivity contribution in [3.05, 3.63) is 65.9 Å². The lowest BCUT2D eigenvalue weighted by molar-refractivity contribution is 0.0946. The number of amides is 2. The first kappa shape index (κ1) is 23.7. The molecule has 4 aromatic rings. The van der Waals surface area contributed by atoms with Crippen LogP contribution in [-0.4, -0.2) is 66.8 Å². The van der Waals surface area contributed by atoms with Crippen LogP contribution in [0.25, 0.3) is 16.8 Å². The van der Waals surface area contributed by atoms with Crippen LogP contribution in [0.2, 0.25) is 0 Å². The Hall–Kier alpha value is -4.05. The summed E-state index contributed by atoms with van der Waals surface area (Å²) < 4.78 is 3.33. The maximum Gasteiger partial charge on any atom is 0.259 e. The van der Waals surface area contributed by atoms with Crippen LogP contribution < -0.4 is 10.6 Å². The van der Waals surface area contributed by atoms with Gasteiger partial charge in [0, 0.05) is 49.2 Å². The molecule has 0 saturated carbocycles. The van der Waals surface area contributed by atoms with Gasteiger partial charge in [0.25, 0.3) is 11.8 Å². The van der Waals surface area contributed by atoms with Crippen molar-refractivity contribution in [2.45, 2.75) is 32.7 Å². The van der Waals surface area contributed by atoms with Crippen LogP contribution >= 0.6 is 0 Å². The van der Waals surface area contributed by atoms with Crippen LogP contribution in [0.15, 0.2) is 49.2 Å². The highest BCUT2D eigenvalue weighted by Crippen LogP contribution is 2.21. The standard InChI is InChI=1S/C26H30N8O2/c1-17-6-7-19(25(35)27-8-10-33-9-4-5-18(33)2)11-22(17)31-26(36)21-13-30-34-16-23(28-14-24(21)34)20-12-29-32(3)15-20/h6-7,11-16,18H,4-5,8-10H2,1-3H3,(H,27,35)(H,31,36)/t18-/m0/s1. The smallest absolute Gasteiger partial charge is 0.259 e. The van der Waals surface area contributed by atoms with Crippen molar-refractivity contribution in [1.82, 2.24) is 34.6 Å². The Kier molecular flexibility index (Phi) is 6.51. The number of hydrogen-bond acceptors (Lipinski definition) is 6. The van der Waals surface area contributed by atoms with Crippen LogP contribution in [0.5, 0.6) is 0 Å². The second-order valence-electron chi connectivity index (χ2n) is 9.33. The van der Waals surface area contributed by atoms with Gasteiger partial charge >= 0.3 is 0 Å². The molecule has 0 bridgehead atoms. The largest absolute Gasteiger partial charge is 0.351 e. The van der Waals surface area contributed by atoms with Crippen molar-refractivity contribution < 1.29 is 9.59 Å². The maximum atomic E-state index is 13.1. The quantitative estimate of drug-likeness (QED) is 0.416. The summed E-state index contributed by atoms with van der Waals surface area (Å²) in [5, 5.41) is 14.4. The first-order valence-electron chi connectivity index (χ1n) is 12.2. The van der Waals surface area contributed by atoms with Gasteiger partial charge in [-0.15, -0.1) is 0 Å². The number of benzene rings is 1. The van der Waals surface area contributed by atoms with Crippen molar-refractivity contribution in [1.29, 1.82) is 0 Å². The number of carbonyl (C=O) groups is 2. The van der Waals surface area contributed by atoms with Gasteiger partial charge in [-0.25, -0.2) is 4.52 Å². The third-order valence-electron chi connectivity index (χ3n) is 6.77. The van der Waals surface area contributed by atoms with E-state index >= 15 is 0 Å².